The van der Waals surface area contributed by atoms with Gasteiger partial charge >= 0.3 is 0 Å². The fourth-order valence-corrected chi connectivity index (χ4v) is 4.71. The minimum absolute atomic E-state index is 0.00751. The normalized spacial score (nSPS) is 17.5. The molecule has 1 heterocycles. The molecule has 2 N–H and O–H groups in total. The van der Waals surface area contributed by atoms with Crippen molar-refractivity contribution in [2.24, 2.45) is 0 Å². The lowest BCUT2D eigenvalue weighted by atomic mass is 9.86. The van der Waals surface area contributed by atoms with Gasteiger partial charge in [0, 0.05) is 29.1 Å². The van der Waals surface area contributed by atoms with Gasteiger partial charge < -0.3 is 10.1 Å². The van der Waals surface area contributed by atoms with E-state index < -0.39 is 0 Å². The summed E-state index contributed by atoms with van der Waals surface area (Å²) in [6.45, 7) is 2.14. The number of carbonyl (C=O) groups excluding carboxylic acids is 1. The smallest absolute Gasteiger partial charge is 0.164 e. The van der Waals surface area contributed by atoms with Crippen molar-refractivity contribution in [2.45, 2.75) is 31.6 Å². The number of aryl methyl sites for hydroxylation is 1. The van der Waals surface area contributed by atoms with Crippen molar-refractivity contribution < 1.29 is 9.90 Å². The van der Waals surface area contributed by atoms with Gasteiger partial charge in [0.05, 0.1) is 5.92 Å². The summed E-state index contributed by atoms with van der Waals surface area (Å²) in [6.07, 6.45) is 1.27. The number of hydrogen-bond acceptors (Lipinski definition) is 2. The number of ketones is 1. The van der Waals surface area contributed by atoms with Gasteiger partial charge in [0.15, 0.2) is 5.78 Å². The maximum absolute atomic E-state index is 13.2. The van der Waals surface area contributed by atoms with E-state index in [1.807, 2.05) is 60.7 Å². The van der Waals surface area contributed by atoms with Crippen LogP contribution in [0.3, 0.4) is 0 Å². The number of H-pyrrole nitrogens is 1. The average molecular weight is 408 g/mol. The summed E-state index contributed by atoms with van der Waals surface area (Å²) in [5.74, 6) is -0.420. The van der Waals surface area contributed by atoms with E-state index >= 15 is 0 Å². The van der Waals surface area contributed by atoms with Gasteiger partial charge in [-0.1, -0.05) is 79.7 Å². The number of fused-ring (bicyclic) bond motifs is 1. The second kappa shape index (κ2) is 7.92. The molecule has 31 heavy (non-hydrogen) atoms. The number of hydrogen-bond donors (Lipinski definition) is 2. The summed E-state index contributed by atoms with van der Waals surface area (Å²) in [4.78, 5) is 16.8. The molecule has 2 unspecified atom stereocenters. The number of rotatable bonds is 5. The van der Waals surface area contributed by atoms with E-state index in [1.54, 1.807) is 0 Å². The lowest BCUT2D eigenvalue weighted by Crippen LogP contribution is -2.11. The molecule has 0 bridgehead atoms. The molecular weight excluding hydrogens is 382 g/mol. The van der Waals surface area contributed by atoms with Crippen molar-refractivity contribution in [1.29, 1.82) is 0 Å². The van der Waals surface area contributed by atoms with Crippen molar-refractivity contribution >= 4 is 16.7 Å². The number of Topliss-reactive ketones (excluding diaryl/α,β-unsaturated/α-hetero) is 1. The second-order valence-corrected chi connectivity index (χ2v) is 8.23. The largest absolute Gasteiger partial charge is 0.511 e. The van der Waals surface area contributed by atoms with Crippen LogP contribution in [-0.2, 0) is 11.2 Å². The molecule has 0 amide bonds. The topological polar surface area (TPSA) is 53.1 Å². The fraction of sp³-hybridized carbons (Fsp3) is 0.179. The Hall–Kier alpha value is -3.59. The number of aromatic nitrogens is 1. The third-order valence-electron chi connectivity index (χ3n) is 6.35. The Labute approximate surface area is 182 Å². The highest BCUT2D eigenvalue weighted by Crippen LogP contribution is 2.44. The zero-order valence-corrected chi connectivity index (χ0v) is 17.5. The van der Waals surface area contributed by atoms with Crippen molar-refractivity contribution in [3.05, 3.63) is 119 Å². The van der Waals surface area contributed by atoms with E-state index in [1.165, 1.54) is 5.56 Å². The molecular formula is C28H25NO2. The Bertz CT molecular complexity index is 1270. The summed E-state index contributed by atoms with van der Waals surface area (Å²) in [5.41, 5.74) is 5.72. The van der Waals surface area contributed by atoms with Crippen molar-refractivity contribution in [1.82, 2.24) is 4.98 Å². The monoisotopic (exact) mass is 407 g/mol. The molecule has 5 rings (SSSR count). The molecule has 1 aromatic heterocycles. The van der Waals surface area contributed by atoms with Gasteiger partial charge in [0.25, 0.3) is 0 Å². The number of benzene rings is 3. The van der Waals surface area contributed by atoms with Crippen molar-refractivity contribution in [2.75, 3.05) is 0 Å². The maximum Gasteiger partial charge on any atom is 0.164 e. The molecule has 154 valence electrons. The van der Waals surface area contributed by atoms with Gasteiger partial charge in [-0.3, -0.25) is 4.79 Å². The number of allylic oxidation sites excluding steroid dienone is 2. The predicted octanol–water partition coefficient (Wildman–Crippen LogP) is 6.43. The molecule has 0 saturated heterocycles. The first kappa shape index (κ1) is 19.4. The summed E-state index contributed by atoms with van der Waals surface area (Å²) >= 11 is 0. The number of aliphatic hydroxyl groups is 1. The van der Waals surface area contributed by atoms with Crippen LogP contribution >= 0.6 is 0 Å². The van der Waals surface area contributed by atoms with Crippen LogP contribution in [0.1, 0.15) is 47.6 Å². The van der Waals surface area contributed by atoms with Crippen molar-refractivity contribution in [3.8, 4) is 0 Å². The minimum atomic E-state index is -0.333. The van der Waals surface area contributed by atoms with Crippen molar-refractivity contribution in [3.63, 3.8) is 0 Å². The van der Waals surface area contributed by atoms with E-state index in [4.69, 9.17) is 0 Å². The molecule has 1 aliphatic carbocycles. The molecule has 3 heteroatoms. The Morgan fingerprint density at radius 3 is 2.39 bits per heavy atom. The van der Waals surface area contributed by atoms with Crippen LogP contribution in [0.15, 0.2) is 96.3 Å². The second-order valence-electron chi connectivity index (χ2n) is 8.23. The molecule has 2 atom stereocenters. The Kier molecular flexibility index (Phi) is 4.95. The van der Waals surface area contributed by atoms with Gasteiger partial charge in [-0.25, -0.2) is 0 Å². The number of aromatic amines is 1. The quantitative estimate of drug-likeness (QED) is 0.400. The molecule has 4 aromatic rings. The maximum atomic E-state index is 13.2. The van der Waals surface area contributed by atoms with E-state index in [-0.39, 0.29) is 23.4 Å². The van der Waals surface area contributed by atoms with Gasteiger partial charge in [-0.2, -0.15) is 0 Å². The molecule has 0 aliphatic heterocycles. The number of carbonyl (C=O) groups is 1. The highest BCUT2D eigenvalue weighted by Gasteiger charge is 2.39. The molecule has 1 aliphatic rings. The summed E-state index contributed by atoms with van der Waals surface area (Å²) in [6, 6.07) is 28.3. The zero-order chi connectivity index (χ0) is 21.4. The average Bonchev–Trinajstić information content (AvgIpc) is 3.36. The van der Waals surface area contributed by atoms with Crippen LogP contribution in [0.2, 0.25) is 0 Å². The lowest BCUT2D eigenvalue weighted by Gasteiger charge is -2.18. The van der Waals surface area contributed by atoms with E-state index in [9.17, 15) is 9.90 Å². The first-order valence-corrected chi connectivity index (χ1v) is 10.8. The molecule has 3 nitrogen and oxygen atoms in total. The summed E-state index contributed by atoms with van der Waals surface area (Å²) in [7, 11) is 0. The molecule has 3 aromatic carbocycles. The van der Waals surface area contributed by atoms with Gasteiger partial charge in [0.1, 0.15) is 5.76 Å². The highest BCUT2D eigenvalue weighted by atomic mass is 16.3. The highest BCUT2D eigenvalue weighted by molar-refractivity contribution is 6.02. The van der Waals surface area contributed by atoms with E-state index in [0.29, 0.717) is 12.0 Å². The fourth-order valence-electron chi connectivity index (χ4n) is 4.71. The lowest BCUT2D eigenvalue weighted by molar-refractivity contribution is -0.115. The standard InChI is InChI=1S/C28H25NO2/c1-2-18-13-14-21-16-24(29-23(21)15-18)26(20-11-7-4-8-12-20)27-25(30)17-22(28(27)31)19-9-5-3-6-10-19/h3-16,22,26,29,31H,2,17H2,1H3. The SMILES string of the molecule is CCc1ccc2cc(C(C3=C(O)C(c4ccccc4)CC3=O)c3ccccc3)[nH]c2c1. The van der Waals surface area contributed by atoms with Crippen LogP contribution in [-0.4, -0.2) is 15.9 Å². The summed E-state index contributed by atoms with van der Waals surface area (Å²) < 4.78 is 0. The van der Waals surface area contributed by atoms with Crippen LogP contribution in [0, 0.1) is 0 Å². The van der Waals surface area contributed by atoms with Crippen LogP contribution in [0.25, 0.3) is 10.9 Å². The molecule has 0 fully saturated rings. The van der Waals surface area contributed by atoms with Crippen LogP contribution < -0.4 is 0 Å². The third kappa shape index (κ3) is 3.46. The van der Waals surface area contributed by atoms with Crippen LogP contribution in [0.5, 0.6) is 0 Å². The number of nitrogens with one attached hydrogen (secondary N) is 1. The minimum Gasteiger partial charge on any atom is -0.511 e. The van der Waals surface area contributed by atoms with Gasteiger partial charge in [0.2, 0.25) is 0 Å². The molecule has 0 saturated carbocycles. The summed E-state index contributed by atoms with van der Waals surface area (Å²) in [5, 5.41) is 12.4. The Balaban J connectivity index is 1.67. The number of aliphatic hydroxyl groups excluding tert-OH is 1. The molecule has 0 radical (unpaired) electrons. The van der Waals surface area contributed by atoms with E-state index in [2.05, 4.69) is 36.2 Å². The Morgan fingerprint density at radius 1 is 0.968 bits per heavy atom. The van der Waals surface area contributed by atoms with E-state index in [0.717, 1.165) is 34.1 Å². The molecule has 0 spiro atoms. The zero-order valence-electron chi connectivity index (χ0n) is 17.5. The predicted molar refractivity (Wildman–Crippen MR) is 124 cm³/mol. The van der Waals surface area contributed by atoms with Crippen LogP contribution in [0.4, 0.5) is 0 Å². The first-order valence-electron chi connectivity index (χ1n) is 10.8. The first-order chi connectivity index (χ1) is 15.2. The van der Waals surface area contributed by atoms with Gasteiger partial charge in [-0.05, 0) is 40.6 Å². The Morgan fingerprint density at radius 2 is 1.68 bits per heavy atom. The third-order valence-corrected chi connectivity index (χ3v) is 6.35. The van der Waals surface area contributed by atoms with Gasteiger partial charge in [-0.15, -0.1) is 0 Å².